The van der Waals surface area contributed by atoms with Crippen LogP contribution in [0.2, 0.25) is 0 Å². The number of hydrogen-bond donors (Lipinski definition) is 0. The van der Waals surface area contributed by atoms with Crippen LogP contribution in [-0.4, -0.2) is 30.2 Å². The lowest BCUT2D eigenvalue weighted by Crippen LogP contribution is -2.30. The summed E-state index contributed by atoms with van der Waals surface area (Å²) in [6, 6.07) is 15.2. The summed E-state index contributed by atoms with van der Waals surface area (Å²) in [6.45, 7) is 7.05. The average Bonchev–Trinajstić information content (AvgIpc) is 3.03. The molecule has 166 valence electrons. The highest BCUT2D eigenvalue weighted by atomic mass is 16.5. The maximum absolute atomic E-state index is 13.0. The summed E-state index contributed by atoms with van der Waals surface area (Å²) in [7, 11) is 0. The number of benzene rings is 3. The fourth-order valence-corrected chi connectivity index (χ4v) is 3.97. The molecule has 0 N–H and O–H groups in total. The molecular formula is C27H23NO5. The topological polar surface area (TPSA) is 80.8 Å². The van der Waals surface area contributed by atoms with E-state index in [0.717, 1.165) is 27.2 Å². The summed E-state index contributed by atoms with van der Waals surface area (Å²) >= 11 is 0. The molecule has 0 saturated carbocycles. The highest BCUT2D eigenvalue weighted by Crippen LogP contribution is 2.31. The van der Waals surface area contributed by atoms with Crippen LogP contribution in [0.25, 0.3) is 0 Å². The van der Waals surface area contributed by atoms with Crippen LogP contribution in [-0.2, 0) is 4.74 Å². The lowest BCUT2D eigenvalue weighted by molar-refractivity contribution is 0.0474. The SMILES string of the molecule is Cc1ccc(N2C(=O)c3ccc(C(=O)OCC(=O)c4cc(C)ccc4C)cc3C2=O)c(C)c1. The summed E-state index contributed by atoms with van der Waals surface area (Å²) in [5.41, 5.74) is 5.03. The van der Waals surface area contributed by atoms with Gasteiger partial charge < -0.3 is 4.74 Å². The number of nitrogens with zero attached hydrogens (tertiary/aromatic N) is 1. The van der Waals surface area contributed by atoms with Crippen LogP contribution in [0.4, 0.5) is 5.69 Å². The third kappa shape index (κ3) is 4.07. The molecule has 1 heterocycles. The van der Waals surface area contributed by atoms with Gasteiger partial charge in [0.1, 0.15) is 0 Å². The minimum Gasteiger partial charge on any atom is -0.454 e. The number of ketones is 1. The van der Waals surface area contributed by atoms with Crippen LogP contribution < -0.4 is 4.90 Å². The summed E-state index contributed by atoms with van der Waals surface area (Å²) in [4.78, 5) is 52.2. The minimum absolute atomic E-state index is 0.103. The van der Waals surface area contributed by atoms with Gasteiger partial charge in [-0.25, -0.2) is 9.69 Å². The van der Waals surface area contributed by atoms with Gasteiger partial charge in [-0.2, -0.15) is 0 Å². The van der Waals surface area contributed by atoms with E-state index in [0.29, 0.717) is 11.3 Å². The van der Waals surface area contributed by atoms with Crippen LogP contribution in [0.1, 0.15) is 63.7 Å². The molecule has 33 heavy (non-hydrogen) atoms. The zero-order valence-corrected chi connectivity index (χ0v) is 18.9. The van der Waals surface area contributed by atoms with E-state index in [1.165, 1.54) is 18.2 Å². The normalized spacial score (nSPS) is 12.7. The second-order valence-corrected chi connectivity index (χ2v) is 8.31. The molecular weight excluding hydrogens is 418 g/mol. The zero-order valence-electron chi connectivity index (χ0n) is 18.9. The zero-order chi connectivity index (χ0) is 23.9. The minimum atomic E-state index is -0.735. The van der Waals surface area contributed by atoms with Gasteiger partial charge in [-0.1, -0.05) is 35.4 Å². The Morgan fingerprint density at radius 2 is 1.42 bits per heavy atom. The fraction of sp³-hybridized carbons (Fsp3) is 0.185. The van der Waals surface area contributed by atoms with Crippen LogP contribution in [0, 0.1) is 27.7 Å². The monoisotopic (exact) mass is 441 g/mol. The Kier molecular flexibility index (Phi) is 5.68. The number of carbonyl (C=O) groups excluding carboxylic acids is 4. The van der Waals surface area contributed by atoms with Gasteiger partial charge in [0.25, 0.3) is 11.8 Å². The summed E-state index contributed by atoms with van der Waals surface area (Å²) in [5.74, 6) is -1.98. The van der Waals surface area contributed by atoms with Crippen molar-refractivity contribution in [3.8, 4) is 0 Å². The molecule has 2 amide bonds. The molecule has 0 unspecified atom stereocenters. The number of imide groups is 1. The number of hydrogen-bond acceptors (Lipinski definition) is 5. The maximum Gasteiger partial charge on any atom is 0.338 e. The van der Waals surface area contributed by atoms with Crippen LogP contribution in [0.15, 0.2) is 54.6 Å². The van der Waals surface area contributed by atoms with E-state index in [9.17, 15) is 19.2 Å². The third-order valence-electron chi connectivity index (χ3n) is 5.74. The fourth-order valence-electron chi connectivity index (χ4n) is 3.97. The number of esters is 1. The standard InChI is InChI=1S/C27H23NO5/c1-15-6-10-23(18(4)11-15)28-25(30)20-9-8-19(13-22(20)26(28)31)27(32)33-14-24(29)21-12-16(2)5-7-17(21)3/h5-13H,14H2,1-4H3. The van der Waals surface area contributed by atoms with Crippen molar-refractivity contribution in [3.05, 3.63) is 99.1 Å². The Morgan fingerprint density at radius 1 is 0.758 bits per heavy atom. The van der Waals surface area contributed by atoms with E-state index in [1.54, 1.807) is 12.1 Å². The number of amides is 2. The van der Waals surface area contributed by atoms with Crippen molar-refractivity contribution in [3.63, 3.8) is 0 Å². The van der Waals surface area contributed by atoms with Crippen molar-refractivity contribution >= 4 is 29.3 Å². The van der Waals surface area contributed by atoms with Crippen molar-refractivity contribution < 1.29 is 23.9 Å². The molecule has 3 aromatic rings. The van der Waals surface area contributed by atoms with Crippen molar-refractivity contribution in [1.29, 1.82) is 0 Å². The number of aryl methyl sites for hydroxylation is 4. The predicted octanol–water partition coefficient (Wildman–Crippen LogP) is 4.76. The number of Topliss-reactive ketones (excluding diaryl/α,β-unsaturated/α-hetero) is 1. The number of rotatable bonds is 5. The van der Waals surface area contributed by atoms with Crippen molar-refractivity contribution in [2.45, 2.75) is 27.7 Å². The first-order chi connectivity index (χ1) is 15.7. The van der Waals surface area contributed by atoms with Gasteiger partial charge in [0.15, 0.2) is 6.61 Å². The molecule has 0 fully saturated rings. The molecule has 0 radical (unpaired) electrons. The number of anilines is 1. The second kappa shape index (κ2) is 8.47. The molecule has 1 aliphatic heterocycles. The quantitative estimate of drug-likeness (QED) is 0.324. The molecule has 0 atom stereocenters. The number of carbonyl (C=O) groups is 4. The van der Waals surface area contributed by atoms with Crippen LogP contribution in [0.5, 0.6) is 0 Å². The largest absolute Gasteiger partial charge is 0.454 e. The van der Waals surface area contributed by atoms with Gasteiger partial charge in [0.2, 0.25) is 5.78 Å². The van der Waals surface area contributed by atoms with Gasteiger partial charge in [0, 0.05) is 5.56 Å². The molecule has 0 saturated heterocycles. The van der Waals surface area contributed by atoms with Crippen LogP contribution in [0.3, 0.4) is 0 Å². The van der Waals surface area contributed by atoms with Gasteiger partial charge >= 0.3 is 5.97 Å². The summed E-state index contributed by atoms with van der Waals surface area (Å²) < 4.78 is 5.21. The smallest absolute Gasteiger partial charge is 0.338 e. The van der Waals surface area contributed by atoms with Gasteiger partial charge in [-0.15, -0.1) is 0 Å². The Balaban J connectivity index is 1.53. The summed E-state index contributed by atoms with van der Waals surface area (Å²) in [6.07, 6.45) is 0. The molecule has 0 spiro atoms. The average molecular weight is 441 g/mol. The van der Waals surface area contributed by atoms with E-state index in [-0.39, 0.29) is 22.5 Å². The molecule has 1 aliphatic rings. The molecule has 6 heteroatoms. The maximum atomic E-state index is 13.0. The Labute approximate surface area is 191 Å². The molecule has 6 nitrogen and oxygen atoms in total. The lowest BCUT2D eigenvalue weighted by Gasteiger charge is -2.16. The molecule has 3 aromatic carbocycles. The van der Waals surface area contributed by atoms with Crippen molar-refractivity contribution in [2.75, 3.05) is 11.5 Å². The third-order valence-corrected chi connectivity index (χ3v) is 5.74. The van der Waals surface area contributed by atoms with Crippen molar-refractivity contribution in [2.24, 2.45) is 0 Å². The Bertz CT molecular complexity index is 1340. The summed E-state index contributed by atoms with van der Waals surface area (Å²) in [5, 5.41) is 0. The molecule has 0 aliphatic carbocycles. The van der Waals surface area contributed by atoms with E-state index < -0.39 is 24.4 Å². The number of fused-ring (bicyclic) bond motifs is 1. The highest BCUT2D eigenvalue weighted by molar-refractivity contribution is 6.35. The Morgan fingerprint density at radius 3 is 2.15 bits per heavy atom. The van der Waals surface area contributed by atoms with Gasteiger partial charge in [-0.3, -0.25) is 14.4 Å². The van der Waals surface area contributed by atoms with Crippen LogP contribution >= 0.6 is 0 Å². The first-order valence-corrected chi connectivity index (χ1v) is 10.5. The Hall–Kier alpha value is -4.06. The van der Waals surface area contributed by atoms with E-state index in [4.69, 9.17) is 4.74 Å². The first kappa shape index (κ1) is 22.1. The second-order valence-electron chi connectivity index (χ2n) is 8.31. The van der Waals surface area contributed by atoms with E-state index >= 15 is 0 Å². The first-order valence-electron chi connectivity index (χ1n) is 10.5. The molecule has 0 aromatic heterocycles. The number of ether oxygens (including phenoxy) is 1. The van der Waals surface area contributed by atoms with Crippen molar-refractivity contribution in [1.82, 2.24) is 0 Å². The van der Waals surface area contributed by atoms with E-state index in [1.807, 2.05) is 52.0 Å². The molecule has 4 rings (SSSR count). The van der Waals surface area contributed by atoms with E-state index in [2.05, 4.69) is 0 Å². The van der Waals surface area contributed by atoms with Gasteiger partial charge in [0.05, 0.1) is 22.4 Å². The highest BCUT2D eigenvalue weighted by Gasteiger charge is 2.38. The lowest BCUT2D eigenvalue weighted by atomic mass is 10.0. The molecule has 0 bridgehead atoms. The van der Waals surface area contributed by atoms with Gasteiger partial charge in [-0.05, 0) is 69.2 Å². The predicted molar refractivity (Wildman–Crippen MR) is 124 cm³/mol.